The van der Waals surface area contributed by atoms with Crippen LogP contribution in [-0.4, -0.2) is 64.4 Å². The maximum absolute atomic E-state index is 9.70. The zero-order valence-corrected chi connectivity index (χ0v) is 17.5. The number of aryl methyl sites for hydroxylation is 1. The molecule has 0 spiro atoms. The highest BCUT2D eigenvalue weighted by molar-refractivity contribution is 5.60. The third kappa shape index (κ3) is 4.35. The monoisotopic (exact) mass is 409 g/mol. The lowest BCUT2D eigenvalue weighted by Gasteiger charge is -2.32. The first-order valence-corrected chi connectivity index (χ1v) is 10.1. The highest BCUT2D eigenvalue weighted by atomic mass is 16.5. The molecule has 1 fully saturated rings. The lowest BCUT2D eigenvalue weighted by Crippen LogP contribution is -2.41. The van der Waals surface area contributed by atoms with Crippen molar-refractivity contribution in [3.8, 4) is 17.1 Å². The smallest absolute Gasteiger partial charge is 0.164 e. The van der Waals surface area contributed by atoms with Gasteiger partial charge in [-0.2, -0.15) is 5.10 Å². The van der Waals surface area contributed by atoms with E-state index in [2.05, 4.69) is 33.9 Å². The second-order valence-electron chi connectivity index (χ2n) is 7.49. The van der Waals surface area contributed by atoms with Crippen LogP contribution in [0.1, 0.15) is 24.4 Å². The van der Waals surface area contributed by atoms with Gasteiger partial charge in [-0.25, -0.2) is 14.6 Å². The molecule has 0 saturated carbocycles. The van der Waals surface area contributed by atoms with Crippen molar-refractivity contribution in [3.05, 3.63) is 54.0 Å². The molecule has 3 heterocycles. The van der Waals surface area contributed by atoms with Crippen LogP contribution in [0.5, 0.6) is 0 Å². The highest BCUT2D eigenvalue weighted by Gasteiger charge is 2.22. The summed E-state index contributed by atoms with van der Waals surface area (Å²) in [7, 11) is 1.54. The lowest BCUT2D eigenvalue weighted by atomic mass is 10.1. The molecule has 2 aromatic heterocycles. The van der Waals surface area contributed by atoms with Gasteiger partial charge >= 0.3 is 0 Å². The van der Waals surface area contributed by atoms with Crippen LogP contribution in [0.15, 0.2) is 42.6 Å². The fourth-order valence-corrected chi connectivity index (χ4v) is 3.56. The number of hydrogen-bond donors (Lipinski definition) is 1. The summed E-state index contributed by atoms with van der Waals surface area (Å²) in [6, 6.07) is 12.1. The number of morpholine rings is 1. The number of aromatic nitrogens is 4. The fourth-order valence-electron chi connectivity index (χ4n) is 3.56. The molecule has 30 heavy (non-hydrogen) atoms. The van der Waals surface area contributed by atoms with Gasteiger partial charge in [-0.3, -0.25) is 0 Å². The average molecular weight is 409 g/mol. The molecule has 1 aromatic carbocycles. The van der Waals surface area contributed by atoms with Crippen molar-refractivity contribution in [2.45, 2.75) is 26.1 Å². The van der Waals surface area contributed by atoms with Gasteiger partial charge in [-0.15, -0.1) is 0 Å². The maximum Gasteiger partial charge on any atom is 0.164 e. The summed E-state index contributed by atoms with van der Waals surface area (Å²) >= 11 is 0. The summed E-state index contributed by atoms with van der Waals surface area (Å²) in [6.45, 7) is 6.02. The Hall–Kier alpha value is -2.81. The van der Waals surface area contributed by atoms with Crippen molar-refractivity contribution in [1.82, 2.24) is 19.7 Å². The molecule has 0 amide bonds. The molecule has 8 heteroatoms. The summed E-state index contributed by atoms with van der Waals surface area (Å²) in [5.41, 5.74) is 3.10. The molecule has 1 saturated heterocycles. The van der Waals surface area contributed by atoms with E-state index < -0.39 is 6.10 Å². The Bertz CT molecular complexity index is 1000. The molecular weight excluding hydrogens is 382 g/mol. The van der Waals surface area contributed by atoms with Gasteiger partial charge < -0.3 is 19.5 Å². The molecule has 0 radical (unpaired) electrons. The van der Waals surface area contributed by atoms with Crippen molar-refractivity contribution in [2.75, 3.05) is 38.3 Å². The Labute approximate surface area is 176 Å². The number of anilines is 1. The van der Waals surface area contributed by atoms with Crippen LogP contribution in [0, 0.1) is 6.92 Å². The molecule has 3 aromatic rings. The average Bonchev–Trinajstić information content (AvgIpc) is 3.25. The highest BCUT2D eigenvalue weighted by Crippen LogP contribution is 2.24. The van der Waals surface area contributed by atoms with Gasteiger partial charge in [-0.05, 0) is 26.0 Å². The summed E-state index contributed by atoms with van der Waals surface area (Å²) < 4.78 is 12.8. The maximum atomic E-state index is 9.70. The molecule has 4 rings (SSSR count). The van der Waals surface area contributed by atoms with Crippen LogP contribution in [0.3, 0.4) is 0 Å². The van der Waals surface area contributed by atoms with Crippen molar-refractivity contribution < 1.29 is 14.6 Å². The molecule has 0 bridgehead atoms. The SMILES string of the molecule is COC(CO)c1nc(N2CCOC(C)C2)cc(-n2ccc(-c3cccc(C)c3)n2)n1. The molecule has 1 aliphatic rings. The van der Waals surface area contributed by atoms with E-state index in [0.717, 1.165) is 30.2 Å². The second-order valence-corrected chi connectivity index (χ2v) is 7.49. The van der Waals surface area contributed by atoms with E-state index in [1.54, 1.807) is 4.68 Å². The first-order chi connectivity index (χ1) is 14.6. The molecule has 2 unspecified atom stereocenters. The lowest BCUT2D eigenvalue weighted by molar-refractivity contribution is 0.0418. The van der Waals surface area contributed by atoms with Gasteiger partial charge in [0.05, 0.1) is 25.0 Å². The van der Waals surface area contributed by atoms with E-state index in [1.807, 2.05) is 37.4 Å². The van der Waals surface area contributed by atoms with Crippen LogP contribution in [0.4, 0.5) is 5.82 Å². The minimum Gasteiger partial charge on any atom is -0.393 e. The number of hydrogen-bond acceptors (Lipinski definition) is 7. The first kappa shape index (κ1) is 20.5. The molecule has 0 aliphatic carbocycles. The van der Waals surface area contributed by atoms with E-state index in [1.165, 1.54) is 12.7 Å². The zero-order chi connectivity index (χ0) is 21.1. The summed E-state index contributed by atoms with van der Waals surface area (Å²) in [5.74, 6) is 1.83. The quantitative estimate of drug-likeness (QED) is 0.670. The Morgan fingerprint density at radius 2 is 2.07 bits per heavy atom. The van der Waals surface area contributed by atoms with Gasteiger partial charge in [0.2, 0.25) is 0 Å². The van der Waals surface area contributed by atoms with Crippen LogP contribution < -0.4 is 4.90 Å². The standard InChI is InChI=1S/C22H27N5O3/c1-15-5-4-6-17(11-15)18-7-8-27(25-18)21-12-20(26-9-10-30-16(2)13-26)23-22(24-21)19(14-28)29-3/h4-8,11-12,16,19,28H,9-10,13-14H2,1-3H3. The predicted molar refractivity (Wildman–Crippen MR) is 114 cm³/mol. The number of ether oxygens (including phenoxy) is 2. The molecule has 2 atom stereocenters. The van der Waals surface area contributed by atoms with Crippen LogP contribution in [0.2, 0.25) is 0 Å². The van der Waals surface area contributed by atoms with Crippen LogP contribution >= 0.6 is 0 Å². The Kier molecular flexibility index (Phi) is 6.08. The number of rotatable bonds is 6. The topological polar surface area (TPSA) is 85.5 Å². The van der Waals surface area contributed by atoms with Crippen molar-refractivity contribution in [3.63, 3.8) is 0 Å². The molecule has 1 aliphatic heterocycles. The summed E-state index contributed by atoms with van der Waals surface area (Å²) in [6.07, 6.45) is 1.40. The predicted octanol–water partition coefficient (Wildman–Crippen LogP) is 2.54. The van der Waals surface area contributed by atoms with E-state index in [4.69, 9.17) is 14.6 Å². The van der Waals surface area contributed by atoms with Gasteiger partial charge in [0.15, 0.2) is 11.6 Å². The molecule has 158 valence electrons. The largest absolute Gasteiger partial charge is 0.393 e. The van der Waals surface area contributed by atoms with Crippen molar-refractivity contribution >= 4 is 5.82 Å². The van der Waals surface area contributed by atoms with Crippen molar-refractivity contribution in [1.29, 1.82) is 0 Å². The molecular formula is C22H27N5O3. The minimum absolute atomic E-state index is 0.120. The summed E-state index contributed by atoms with van der Waals surface area (Å²) in [5, 5.41) is 14.4. The number of nitrogens with zero attached hydrogens (tertiary/aromatic N) is 5. The van der Waals surface area contributed by atoms with Crippen LogP contribution in [0.25, 0.3) is 17.1 Å². The van der Waals surface area contributed by atoms with Gasteiger partial charge in [-0.1, -0.05) is 23.8 Å². The molecule has 1 N–H and O–H groups in total. The Balaban J connectivity index is 1.73. The number of aliphatic hydroxyl groups excluding tert-OH is 1. The van der Waals surface area contributed by atoms with Crippen LogP contribution in [-0.2, 0) is 9.47 Å². The number of aliphatic hydroxyl groups is 1. The first-order valence-electron chi connectivity index (χ1n) is 10.1. The van der Waals surface area contributed by atoms with E-state index in [0.29, 0.717) is 18.2 Å². The second kappa shape index (κ2) is 8.91. The third-order valence-electron chi connectivity index (χ3n) is 5.16. The number of methoxy groups -OCH3 is 1. The number of benzene rings is 1. The Morgan fingerprint density at radius 3 is 2.80 bits per heavy atom. The zero-order valence-electron chi connectivity index (χ0n) is 17.5. The van der Waals surface area contributed by atoms with Gasteiger partial charge in [0.1, 0.15) is 11.9 Å². The molecule has 8 nitrogen and oxygen atoms in total. The van der Waals surface area contributed by atoms with E-state index >= 15 is 0 Å². The van der Waals surface area contributed by atoms with E-state index in [-0.39, 0.29) is 12.7 Å². The fraction of sp³-hybridized carbons (Fsp3) is 0.409. The minimum atomic E-state index is -0.603. The third-order valence-corrected chi connectivity index (χ3v) is 5.16. The Morgan fingerprint density at radius 1 is 1.23 bits per heavy atom. The van der Waals surface area contributed by atoms with Gasteiger partial charge in [0.25, 0.3) is 0 Å². The van der Waals surface area contributed by atoms with E-state index in [9.17, 15) is 5.11 Å². The van der Waals surface area contributed by atoms with Gasteiger partial charge in [0, 0.05) is 38.0 Å². The van der Waals surface area contributed by atoms with Crippen molar-refractivity contribution in [2.24, 2.45) is 0 Å². The normalized spacial score (nSPS) is 17.9. The summed E-state index contributed by atoms with van der Waals surface area (Å²) in [4.78, 5) is 11.5.